The first-order valence-corrected chi connectivity index (χ1v) is 10.5. The Kier molecular flexibility index (Phi) is 5.83. The van der Waals surface area contributed by atoms with Gasteiger partial charge in [0.05, 0.1) is 4.90 Å². The van der Waals surface area contributed by atoms with Gasteiger partial charge in [-0.2, -0.15) is 0 Å². The number of amides is 1. The Morgan fingerprint density at radius 3 is 2.50 bits per heavy atom. The standard InChI is InChI=1S/C20H24FN3O3S/c1-14(25)24-11-10-16-12-18(8-9-19(16)24)28(26,27)22-13-20(23(2)3)15-4-6-17(21)7-5-15/h4-9,12,20,22H,10-11,13H2,1-3H3/t20-/m0/s1. The maximum Gasteiger partial charge on any atom is 0.240 e. The zero-order valence-corrected chi connectivity index (χ0v) is 17.0. The molecule has 0 aromatic heterocycles. The lowest BCUT2D eigenvalue weighted by Gasteiger charge is -2.25. The van der Waals surface area contributed by atoms with E-state index in [4.69, 9.17) is 0 Å². The Hall–Kier alpha value is -2.29. The zero-order valence-electron chi connectivity index (χ0n) is 16.1. The van der Waals surface area contributed by atoms with Gasteiger partial charge in [-0.1, -0.05) is 12.1 Å². The molecule has 1 aliphatic rings. The Bertz CT molecular complexity index is 975. The number of likely N-dealkylation sites (N-methyl/N-ethyl adjacent to an activating group) is 1. The Labute approximate surface area is 165 Å². The molecule has 1 atom stereocenters. The van der Waals surface area contributed by atoms with Gasteiger partial charge in [0.15, 0.2) is 0 Å². The third-order valence-corrected chi connectivity index (χ3v) is 6.40. The highest BCUT2D eigenvalue weighted by molar-refractivity contribution is 7.89. The number of nitrogens with zero attached hydrogens (tertiary/aromatic N) is 2. The number of hydrogen-bond donors (Lipinski definition) is 1. The molecule has 0 radical (unpaired) electrons. The minimum Gasteiger partial charge on any atom is -0.312 e. The molecule has 0 saturated heterocycles. The normalized spacial score (nSPS) is 15.0. The number of rotatable bonds is 6. The summed E-state index contributed by atoms with van der Waals surface area (Å²) in [5, 5.41) is 0. The second-order valence-electron chi connectivity index (χ2n) is 7.09. The van der Waals surface area contributed by atoms with Crippen molar-refractivity contribution in [1.29, 1.82) is 0 Å². The SMILES string of the molecule is CC(=O)N1CCc2cc(S(=O)(=O)NC[C@@H](c3ccc(F)cc3)N(C)C)ccc21. The first-order valence-electron chi connectivity index (χ1n) is 9.01. The molecule has 0 spiro atoms. The molecule has 1 N–H and O–H groups in total. The molecule has 3 rings (SSSR count). The number of anilines is 1. The second-order valence-corrected chi connectivity index (χ2v) is 8.86. The summed E-state index contributed by atoms with van der Waals surface area (Å²) in [6.45, 7) is 2.21. The van der Waals surface area contributed by atoms with Gasteiger partial charge >= 0.3 is 0 Å². The lowest BCUT2D eigenvalue weighted by Crippen LogP contribution is -2.34. The highest BCUT2D eigenvalue weighted by Crippen LogP contribution is 2.30. The number of halogens is 1. The molecule has 28 heavy (non-hydrogen) atoms. The predicted molar refractivity (Wildman–Crippen MR) is 106 cm³/mol. The minimum absolute atomic E-state index is 0.0550. The van der Waals surface area contributed by atoms with Crippen molar-refractivity contribution in [3.05, 3.63) is 59.4 Å². The minimum atomic E-state index is -3.72. The summed E-state index contributed by atoms with van der Waals surface area (Å²) in [5.41, 5.74) is 2.44. The molecule has 6 nitrogen and oxygen atoms in total. The van der Waals surface area contributed by atoms with E-state index in [1.807, 2.05) is 19.0 Å². The number of carbonyl (C=O) groups is 1. The number of benzene rings is 2. The van der Waals surface area contributed by atoms with Crippen molar-refractivity contribution < 1.29 is 17.6 Å². The quantitative estimate of drug-likeness (QED) is 0.801. The third-order valence-electron chi connectivity index (χ3n) is 4.98. The van der Waals surface area contributed by atoms with Crippen LogP contribution in [0.1, 0.15) is 24.1 Å². The first kappa shape index (κ1) is 20.4. The van der Waals surface area contributed by atoms with E-state index in [0.717, 1.165) is 16.8 Å². The highest BCUT2D eigenvalue weighted by Gasteiger charge is 2.25. The fraction of sp³-hybridized carbons (Fsp3) is 0.350. The summed E-state index contributed by atoms with van der Waals surface area (Å²) in [6.07, 6.45) is 0.633. The Morgan fingerprint density at radius 2 is 1.89 bits per heavy atom. The molecule has 0 fully saturated rings. The molecular formula is C20H24FN3O3S. The highest BCUT2D eigenvalue weighted by atomic mass is 32.2. The van der Waals surface area contributed by atoms with Crippen molar-refractivity contribution in [1.82, 2.24) is 9.62 Å². The van der Waals surface area contributed by atoms with Crippen LogP contribution in [0.3, 0.4) is 0 Å². The van der Waals surface area contributed by atoms with Crippen molar-refractivity contribution in [3.63, 3.8) is 0 Å². The summed E-state index contributed by atoms with van der Waals surface area (Å²) < 4.78 is 41.4. The monoisotopic (exact) mass is 405 g/mol. The predicted octanol–water partition coefficient (Wildman–Crippen LogP) is 2.32. The lowest BCUT2D eigenvalue weighted by atomic mass is 10.1. The third kappa shape index (κ3) is 4.24. The van der Waals surface area contributed by atoms with E-state index >= 15 is 0 Å². The van der Waals surface area contributed by atoms with Gasteiger partial charge in [0.1, 0.15) is 5.82 Å². The summed E-state index contributed by atoms with van der Waals surface area (Å²) >= 11 is 0. The van der Waals surface area contributed by atoms with Gasteiger partial charge in [-0.25, -0.2) is 17.5 Å². The fourth-order valence-corrected chi connectivity index (χ4v) is 4.52. The van der Waals surface area contributed by atoms with Crippen LogP contribution in [-0.4, -0.2) is 46.4 Å². The van der Waals surface area contributed by atoms with E-state index in [0.29, 0.717) is 13.0 Å². The summed E-state index contributed by atoms with van der Waals surface area (Å²) in [5.74, 6) is -0.389. The number of nitrogens with one attached hydrogen (secondary N) is 1. The van der Waals surface area contributed by atoms with Gasteiger partial charge in [-0.15, -0.1) is 0 Å². The largest absolute Gasteiger partial charge is 0.312 e. The number of fused-ring (bicyclic) bond motifs is 1. The number of carbonyl (C=O) groups excluding carboxylic acids is 1. The molecule has 0 saturated carbocycles. The van der Waals surface area contributed by atoms with Crippen molar-refractivity contribution >= 4 is 21.6 Å². The molecule has 1 aliphatic heterocycles. The Balaban J connectivity index is 1.78. The second kappa shape index (κ2) is 7.98. The lowest BCUT2D eigenvalue weighted by molar-refractivity contribution is -0.116. The maximum atomic E-state index is 13.2. The molecule has 0 aliphatic carbocycles. The van der Waals surface area contributed by atoms with Crippen LogP contribution in [0, 0.1) is 5.82 Å². The van der Waals surface area contributed by atoms with Crippen molar-refractivity contribution in [2.24, 2.45) is 0 Å². The van der Waals surface area contributed by atoms with Crippen molar-refractivity contribution in [2.45, 2.75) is 24.3 Å². The van der Waals surface area contributed by atoms with Crippen molar-refractivity contribution in [2.75, 3.05) is 32.1 Å². The van der Waals surface area contributed by atoms with E-state index in [2.05, 4.69) is 4.72 Å². The average Bonchev–Trinajstić information content (AvgIpc) is 3.06. The molecule has 2 aromatic rings. The van der Waals surface area contributed by atoms with Crippen LogP contribution in [0.5, 0.6) is 0 Å². The van der Waals surface area contributed by atoms with E-state index in [1.165, 1.54) is 25.1 Å². The molecule has 0 bridgehead atoms. The molecule has 8 heteroatoms. The van der Waals surface area contributed by atoms with Crippen LogP contribution in [0.25, 0.3) is 0 Å². The molecular weight excluding hydrogens is 381 g/mol. The van der Waals surface area contributed by atoms with Crippen LogP contribution < -0.4 is 9.62 Å². The van der Waals surface area contributed by atoms with E-state index in [1.54, 1.807) is 29.2 Å². The van der Waals surface area contributed by atoms with Crippen LogP contribution in [0.15, 0.2) is 47.4 Å². The van der Waals surface area contributed by atoms with Gasteiger partial charge in [0.25, 0.3) is 0 Å². The molecule has 2 aromatic carbocycles. The summed E-state index contributed by atoms with van der Waals surface area (Å²) in [6, 6.07) is 10.6. The molecule has 150 valence electrons. The first-order chi connectivity index (χ1) is 13.2. The van der Waals surface area contributed by atoms with Crippen molar-refractivity contribution in [3.8, 4) is 0 Å². The van der Waals surface area contributed by atoms with Gasteiger partial charge in [-0.3, -0.25) is 4.79 Å². The fourth-order valence-electron chi connectivity index (χ4n) is 3.43. The molecule has 1 heterocycles. The number of hydrogen-bond acceptors (Lipinski definition) is 4. The number of sulfonamides is 1. The van der Waals surface area contributed by atoms with Crippen LogP contribution in [0.4, 0.5) is 10.1 Å². The molecule has 1 amide bonds. The van der Waals surface area contributed by atoms with Crippen LogP contribution >= 0.6 is 0 Å². The maximum absolute atomic E-state index is 13.2. The van der Waals surface area contributed by atoms with E-state index in [-0.39, 0.29) is 29.2 Å². The average molecular weight is 405 g/mol. The van der Waals surface area contributed by atoms with Gasteiger partial charge in [0.2, 0.25) is 15.9 Å². The van der Waals surface area contributed by atoms with Crippen LogP contribution in [0.2, 0.25) is 0 Å². The summed E-state index contributed by atoms with van der Waals surface area (Å²) in [4.78, 5) is 15.4. The molecule has 0 unspecified atom stereocenters. The van der Waals surface area contributed by atoms with E-state index < -0.39 is 10.0 Å². The smallest absolute Gasteiger partial charge is 0.240 e. The Morgan fingerprint density at radius 1 is 1.21 bits per heavy atom. The zero-order chi connectivity index (χ0) is 20.5. The van der Waals surface area contributed by atoms with Gasteiger partial charge in [-0.05, 0) is 62.0 Å². The summed E-state index contributed by atoms with van der Waals surface area (Å²) in [7, 11) is -0.0359. The van der Waals surface area contributed by atoms with E-state index in [9.17, 15) is 17.6 Å². The van der Waals surface area contributed by atoms with Crippen LogP contribution in [-0.2, 0) is 21.2 Å². The topological polar surface area (TPSA) is 69.7 Å². The van der Waals surface area contributed by atoms with Gasteiger partial charge in [0, 0.05) is 31.7 Å². The van der Waals surface area contributed by atoms with Gasteiger partial charge < -0.3 is 9.80 Å².